The first kappa shape index (κ1) is 15.8. The van der Waals surface area contributed by atoms with E-state index in [1.807, 2.05) is 13.0 Å². The molecular weight excluding hydrogens is 266 g/mol. The van der Waals surface area contributed by atoms with Crippen LogP contribution in [-0.2, 0) is 0 Å². The van der Waals surface area contributed by atoms with E-state index in [0.29, 0.717) is 17.2 Å². The zero-order valence-corrected chi connectivity index (χ0v) is 13.1. The highest BCUT2D eigenvalue weighted by Crippen LogP contribution is 2.32. The van der Waals surface area contributed by atoms with Crippen LogP contribution < -0.4 is 10.1 Å². The van der Waals surface area contributed by atoms with Gasteiger partial charge in [-0.2, -0.15) is 0 Å². The summed E-state index contributed by atoms with van der Waals surface area (Å²) in [6, 6.07) is 5.43. The molecule has 0 radical (unpaired) electrons. The maximum Gasteiger partial charge on any atom is 0.251 e. The molecule has 0 heterocycles. The molecule has 1 saturated carbocycles. The SMILES string of the molecule is COc1cc(C(=O)NC2(CO)CCCC(C)C2)ccc1C. The van der Waals surface area contributed by atoms with Crippen LogP contribution in [0.1, 0.15) is 48.5 Å². The van der Waals surface area contributed by atoms with Gasteiger partial charge in [0.2, 0.25) is 0 Å². The van der Waals surface area contributed by atoms with Crippen LogP contribution in [0.2, 0.25) is 0 Å². The van der Waals surface area contributed by atoms with Crippen molar-refractivity contribution in [1.82, 2.24) is 5.32 Å². The van der Waals surface area contributed by atoms with Gasteiger partial charge in [0.25, 0.3) is 5.91 Å². The number of hydrogen-bond acceptors (Lipinski definition) is 3. The first-order valence-electron chi connectivity index (χ1n) is 7.58. The van der Waals surface area contributed by atoms with Crippen LogP contribution in [0, 0.1) is 12.8 Å². The van der Waals surface area contributed by atoms with Crippen molar-refractivity contribution in [3.8, 4) is 5.75 Å². The minimum atomic E-state index is -0.479. The highest BCUT2D eigenvalue weighted by Gasteiger charge is 2.36. The van der Waals surface area contributed by atoms with Gasteiger partial charge in [-0.1, -0.05) is 25.8 Å². The predicted octanol–water partition coefficient (Wildman–Crippen LogP) is 2.67. The van der Waals surface area contributed by atoms with Gasteiger partial charge in [0.05, 0.1) is 19.3 Å². The van der Waals surface area contributed by atoms with Crippen molar-refractivity contribution in [2.24, 2.45) is 5.92 Å². The Bertz CT molecular complexity index is 515. The van der Waals surface area contributed by atoms with Crippen molar-refractivity contribution in [2.75, 3.05) is 13.7 Å². The number of amides is 1. The Morgan fingerprint density at radius 1 is 1.52 bits per heavy atom. The van der Waals surface area contributed by atoms with Gasteiger partial charge in [0.15, 0.2) is 0 Å². The van der Waals surface area contributed by atoms with Gasteiger partial charge < -0.3 is 15.2 Å². The number of aliphatic hydroxyl groups is 1. The quantitative estimate of drug-likeness (QED) is 0.896. The lowest BCUT2D eigenvalue weighted by Gasteiger charge is -2.39. The summed E-state index contributed by atoms with van der Waals surface area (Å²) < 4.78 is 5.26. The van der Waals surface area contributed by atoms with E-state index in [4.69, 9.17) is 4.74 Å². The smallest absolute Gasteiger partial charge is 0.251 e. The largest absolute Gasteiger partial charge is 0.496 e. The third-order valence-corrected chi connectivity index (χ3v) is 4.44. The zero-order valence-electron chi connectivity index (χ0n) is 13.1. The van der Waals surface area contributed by atoms with Gasteiger partial charge in [-0.3, -0.25) is 4.79 Å². The summed E-state index contributed by atoms with van der Waals surface area (Å²) in [5.74, 6) is 1.09. The van der Waals surface area contributed by atoms with E-state index in [1.165, 1.54) is 0 Å². The summed E-state index contributed by atoms with van der Waals surface area (Å²) in [5.41, 5.74) is 1.09. The second kappa shape index (κ2) is 6.48. The van der Waals surface area contributed by atoms with Crippen LogP contribution in [0.25, 0.3) is 0 Å². The molecule has 0 bridgehead atoms. The first-order chi connectivity index (χ1) is 9.99. The topological polar surface area (TPSA) is 58.6 Å². The molecule has 1 aliphatic carbocycles. The lowest BCUT2D eigenvalue weighted by Crippen LogP contribution is -2.53. The van der Waals surface area contributed by atoms with E-state index in [-0.39, 0.29) is 12.5 Å². The Kier molecular flexibility index (Phi) is 4.88. The van der Waals surface area contributed by atoms with E-state index in [2.05, 4.69) is 12.2 Å². The number of rotatable bonds is 4. The molecule has 1 aromatic carbocycles. The van der Waals surface area contributed by atoms with Gasteiger partial charge >= 0.3 is 0 Å². The number of benzene rings is 1. The van der Waals surface area contributed by atoms with Crippen LogP contribution in [-0.4, -0.2) is 30.3 Å². The van der Waals surface area contributed by atoms with Crippen LogP contribution >= 0.6 is 0 Å². The van der Waals surface area contributed by atoms with Crippen LogP contribution in [0.4, 0.5) is 0 Å². The molecular formula is C17H25NO3. The first-order valence-corrected chi connectivity index (χ1v) is 7.58. The average Bonchev–Trinajstić information content (AvgIpc) is 2.47. The summed E-state index contributed by atoms with van der Waals surface area (Å²) in [4.78, 5) is 12.5. The Morgan fingerprint density at radius 3 is 2.90 bits per heavy atom. The molecule has 0 saturated heterocycles. The van der Waals surface area contributed by atoms with E-state index in [9.17, 15) is 9.90 Å². The lowest BCUT2D eigenvalue weighted by atomic mass is 9.76. The van der Waals surface area contributed by atoms with Crippen molar-refractivity contribution in [2.45, 2.75) is 45.1 Å². The zero-order chi connectivity index (χ0) is 15.5. The molecule has 2 unspecified atom stereocenters. The Balaban J connectivity index is 2.16. The van der Waals surface area contributed by atoms with Crippen LogP contribution in [0.5, 0.6) is 5.75 Å². The van der Waals surface area contributed by atoms with Crippen LogP contribution in [0.15, 0.2) is 18.2 Å². The number of nitrogens with one attached hydrogen (secondary N) is 1. The Labute approximate surface area is 126 Å². The number of carbonyl (C=O) groups is 1. The summed E-state index contributed by atoms with van der Waals surface area (Å²) in [6.07, 6.45) is 3.87. The van der Waals surface area contributed by atoms with Gasteiger partial charge in [0, 0.05) is 5.56 Å². The van der Waals surface area contributed by atoms with Gasteiger partial charge in [0.1, 0.15) is 5.75 Å². The summed E-state index contributed by atoms with van der Waals surface area (Å²) in [6.45, 7) is 4.11. The van der Waals surface area contributed by atoms with Crippen molar-refractivity contribution >= 4 is 5.91 Å². The minimum absolute atomic E-state index is 0.00786. The number of aryl methyl sites for hydroxylation is 1. The maximum atomic E-state index is 12.5. The molecule has 1 aliphatic rings. The third kappa shape index (κ3) is 3.56. The number of aliphatic hydroxyl groups excluding tert-OH is 1. The Hall–Kier alpha value is -1.55. The summed E-state index contributed by atoms with van der Waals surface area (Å²) in [7, 11) is 1.60. The number of carbonyl (C=O) groups excluding carboxylic acids is 1. The second-order valence-corrected chi connectivity index (χ2v) is 6.28. The highest BCUT2D eigenvalue weighted by molar-refractivity contribution is 5.95. The molecule has 1 amide bonds. The molecule has 21 heavy (non-hydrogen) atoms. The molecule has 4 nitrogen and oxygen atoms in total. The molecule has 1 fully saturated rings. The van der Waals surface area contributed by atoms with Crippen molar-refractivity contribution in [3.63, 3.8) is 0 Å². The van der Waals surface area contributed by atoms with Crippen molar-refractivity contribution < 1.29 is 14.6 Å². The number of ether oxygens (including phenoxy) is 1. The number of methoxy groups -OCH3 is 1. The Morgan fingerprint density at radius 2 is 2.29 bits per heavy atom. The van der Waals surface area contributed by atoms with Crippen molar-refractivity contribution in [3.05, 3.63) is 29.3 Å². The fourth-order valence-electron chi connectivity index (χ4n) is 3.23. The molecule has 2 N–H and O–H groups in total. The molecule has 0 spiro atoms. The highest BCUT2D eigenvalue weighted by atomic mass is 16.5. The van der Waals surface area contributed by atoms with E-state index in [0.717, 1.165) is 31.2 Å². The molecule has 0 aliphatic heterocycles. The lowest BCUT2D eigenvalue weighted by molar-refractivity contribution is 0.0697. The molecule has 116 valence electrons. The van der Waals surface area contributed by atoms with Gasteiger partial charge in [-0.25, -0.2) is 0 Å². The van der Waals surface area contributed by atoms with Gasteiger partial charge in [-0.15, -0.1) is 0 Å². The average molecular weight is 291 g/mol. The maximum absolute atomic E-state index is 12.5. The van der Waals surface area contributed by atoms with Gasteiger partial charge in [-0.05, 0) is 43.4 Å². The number of hydrogen-bond donors (Lipinski definition) is 2. The summed E-state index contributed by atoms with van der Waals surface area (Å²) >= 11 is 0. The molecule has 2 rings (SSSR count). The molecule has 4 heteroatoms. The normalized spacial score (nSPS) is 25.4. The summed E-state index contributed by atoms with van der Waals surface area (Å²) in [5, 5.41) is 12.8. The van der Waals surface area contributed by atoms with Crippen molar-refractivity contribution in [1.29, 1.82) is 0 Å². The van der Waals surface area contributed by atoms with Crippen LogP contribution in [0.3, 0.4) is 0 Å². The van der Waals surface area contributed by atoms with E-state index < -0.39 is 5.54 Å². The molecule has 2 atom stereocenters. The minimum Gasteiger partial charge on any atom is -0.496 e. The molecule has 0 aromatic heterocycles. The fourth-order valence-corrected chi connectivity index (χ4v) is 3.23. The van der Waals surface area contributed by atoms with E-state index >= 15 is 0 Å². The second-order valence-electron chi connectivity index (χ2n) is 6.28. The van der Waals surface area contributed by atoms with E-state index in [1.54, 1.807) is 19.2 Å². The fraction of sp³-hybridized carbons (Fsp3) is 0.588. The molecule has 1 aromatic rings. The monoisotopic (exact) mass is 291 g/mol. The predicted molar refractivity (Wildman–Crippen MR) is 82.6 cm³/mol. The standard InChI is InChI=1S/C17H25NO3/c1-12-5-4-8-17(10-12,11-19)18-16(20)14-7-6-13(2)15(9-14)21-3/h6-7,9,12,19H,4-5,8,10-11H2,1-3H3,(H,18,20). The third-order valence-electron chi connectivity index (χ3n) is 4.44.